The van der Waals surface area contributed by atoms with Crippen molar-refractivity contribution in [2.75, 3.05) is 12.4 Å². The Morgan fingerprint density at radius 3 is 2.74 bits per heavy atom. The predicted molar refractivity (Wildman–Crippen MR) is 101 cm³/mol. The van der Waals surface area contributed by atoms with Gasteiger partial charge in [-0.25, -0.2) is 4.98 Å². The lowest BCUT2D eigenvalue weighted by Gasteiger charge is -2.18. The molecule has 0 aromatic carbocycles. The van der Waals surface area contributed by atoms with E-state index >= 15 is 0 Å². The van der Waals surface area contributed by atoms with Crippen molar-refractivity contribution in [3.05, 3.63) is 36.3 Å². The van der Waals surface area contributed by atoms with Crippen molar-refractivity contribution in [2.45, 2.75) is 26.8 Å². The average molecular weight is 369 g/mol. The van der Waals surface area contributed by atoms with E-state index in [1.807, 2.05) is 16.7 Å². The van der Waals surface area contributed by atoms with Gasteiger partial charge in [0.05, 0.1) is 7.11 Å². The maximum absolute atomic E-state index is 12.6. The van der Waals surface area contributed by atoms with Gasteiger partial charge in [-0.05, 0) is 25.0 Å². The van der Waals surface area contributed by atoms with Crippen LogP contribution in [0, 0.1) is 5.92 Å². The highest BCUT2D eigenvalue weighted by Crippen LogP contribution is 2.24. The van der Waals surface area contributed by atoms with Gasteiger partial charge in [0.1, 0.15) is 23.4 Å². The van der Waals surface area contributed by atoms with Crippen LogP contribution in [0.15, 0.2) is 30.7 Å². The molecule has 0 saturated carbocycles. The predicted octanol–water partition coefficient (Wildman–Crippen LogP) is 2.55. The molecule has 142 valence electrons. The van der Waals surface area contributed by atoms with E-state index in [1.54, 1.807) is 25.6 Å². The number of hydrogen-bond donors (Lipinski definition) is 1. The molecule has 9 heteroatoms. The van der Waals surface area contributed by atoms with E-state index in [-0.39, 0.29) is 17.8 Å². The van der Waals surface area contributed by atoms with Gasteiger partial charge in [0, 0.05) is 19.3 Å². The molecule has 0 saturated heterocycles. The zero-order chi connectivity index (χ0) is 19.6. The number of ether oxygens (including phenoxy) is 1. The molecule has 1 atom stereocenters. The van der Waals surface area contributed by atoms with Gasteiger partial charge < -0.3 is 14.6 Å². The quantitative estimate of drug-likeness (QED) is 0.717. The third kappa shape index (κ3) is 3.81. The molecule has 0 spiro atoms. The van der Waals surface area contributed by atoms with E-state index in [2.05, 4.69) is 46.4 Å². The SMILES string of the molecule is COc1nn(C)cc1C(=O)Nc1cccc(-c2nncn2C(C)C(C)C)n1. The van der Waals surface area contributed by atoms with Gasteiger partial charge in [-0.2, -0.15) is 0 Å². The molecule has 1 unspecified atom stereocenters. The fourth-order valence-electron chi connectivity index (χ4n) is 2.63. The molecule has 27 heavy (non-hydrogen) atoms. The standard InChI is InChI=1S/C18H23N7O2/c1-11(2)12(3)25-10-19-22-16(25)14-7-6-8-15(20-14)21-17(26)13-9-24(4)23-18(13)27-5/h6-12H,1-5H3,(H,20,21,26). The summed E-state index contributed by atoms with van der Waals surface area (Å²) < 4.78 is 8.65. The van der Waals surface area contributed by atoms with Gasteiger partial charge in [-0.15, -0.1) is 15.3 Å². The zero-order valence-electron chi connectivity index (χ0n) is 16.0. The first-order valence-electron chi connectivity index (χ1n) is 8.66. The van der Waals surface area contributed by atoms with E-state index in [0.717, 1.165) is 0 Å². The van der Waals surface area contributed by atoms with Crippen molar-refractivity contribution in [2.24, 2.45) is 13.0 Å². The molecule has 0 aliphatic rings. The maximum atomic E-state index is 12.6. The lowest BCUT2D eigenvalue weighted by Crippen LogP contribution is -2.14. The number of anilines is 1. The molecular weight excluding hydrogens is 346 g/mol. The number of nitrogens with zero attached hydrogens (tertiary/aromatic N) is 6. The van der Waals surface area contributed by atoms with Crippen LogP contribution < -0.4 is 10.1 Å². The minimum Gasteiger partial charge on any atom is -0.479 e. The van der Waals surface area contributed by atoms with E-state index in [0.29, 0.717) is 28.8 Å². The smallest absolute Gasteiger partial charge is 0.263 e. The van der Waals surface area contributed by atoms with Gasteiger partial charge >= 0.3 is 0 Å². The molecule has 3 aromatic heterocycles. The summed E-state index contributed by atoms with van der Waals surface area (Å²) in [4.78, 5) is 17.1. The summed E-state index contributed by atoms with van der Waals surface area (Å²) in [7, 11) is 3.20. The molecule has 1 amide bonds. The van der Waals surface area contributed by atoms with Gasteiger partial charge in [0.2, 0.25) is 5.88 Å². The van der Waals surface area contributed by atoms with Gasteiger partial charge in [0.15, 0.2) is 5.82 Å². The molecule has 0 aliphatic heterocycles. The van der Waals surface area contributed by atoms with Crippen LogP contribution in [-0.4, -0.2) is 42.5 Å². The van der Waals surface area contributed by atoms with Crippen LogP contribution in [0.3, 0.4) is 0 Å². The molecule has 3 rings (SSSR count). The number of carbonyl (C=O) groups is 1. The van der Waals surface area contributed by atoms with E-state index in [4.69, 9.17) is 4.74 Å². The Hall–Kier alpha value is -3.23. The summed E-state index contributed by atoms with van der Waals surface area (Å²) in [6.07, 6.45) is 3.30. The van der Waals surface area contributed by atoms with E-state index in [9.17, 15) is 4.79 Å². The average Bonchev–Trinajstić information content (AvgIpc) is 3.27. The van der Waals surface area contributed by atoms with Crippen molar-refractivity contribution >= 4 is 11.7 Å². The Kier molecular flexibility index (Phi) is 5.20. The third-order valence-electron chi connectivity index (χ3n) is 4.43. The third-order valence-corrected chi connectivity index (χ3v) is 4.43. The first-order valence-corrected chi connectivity index (χ1v) is 8.66. The second-order valence-corrected chi connectivity index (χ2v) is 6.63. The second kappa shape index (κ2) is 7.56. The van der Waals surface area contributed by atoms with E-state index < -0.39 is 0 Å². The topological polar surface area (TPSA) is 99.8 Å². The van der Waals surface area contributed by atoms with Crippen molar-refractivity contribution in [1.82, 2.24) is 29.5 Å². The van der Waals surface area contributed by atoms with Crippen LogP contribution >= 0.6 is 0 Å². The lowest BCUT2D eigenvalue weighted by atomic mass is 10.1. The Morgan fingerprint density at radius 2 is 2.04 bits per heavy atom. The van der Waals surface area contributed by atoms with Gasteiger partial charge in [0.25, 0.3) is 5.91 Å². The minimum absolute atomic E-state index is 0.217. The highest BCUT2D eigenvalue weighted by atomic mass is 16.5. The number of pyridine rings is 1. The summed E-state index contributed by atoms with van der Waals surface area (Å²) in [5.41, 5.74) is 0.972. The number of nitrogens with one attached hydrogen (secondary N) is 1. The Labute approximate surface area is 157 Å². The summed E-state index contributed by atoms with van der Waals surface area (Å²) in [6.45, 7) is 6.39. The largest absolute Gasteiger partial charge is 0.479 e. The highest BCUT2D eigenvalue weighted by Gasteiger charge is 2.19. The molecule has 1 N–H and O–H groups in total. The number of hydrogen-bond acceptors (Lipinski definition) is 6. The van der Waals surface area contributed by atoms with Crippen LogP contribution in [0.25, 0.3) is 11.5 Å². The fourth-order valence-corrected chi connectivity index (χ4v) is 2.63. The molecule has 0 aliphatic carbocycles. The van der Waals surface area contributed by atoms with Gasteiger partial charge in [-0.3, -0.25) is 9.48 Å². The highest BCUT2D eigenvalue weighted by molar-refractivity contribution is 6.05. The Balaban J connectivity index is 1.87. The summed E-state index contributed by atoms with van der Waals surface area (Å²) in [5.74, 6) is 1.40. The maximum Gasteiger partial charge on any atom is 0.263 e. The van der Waals surface area contributed by atoms with E-state index in [1.165, 1.54) is 11.8 Å². The summed E-state index contributed by atoms with van der Waals surface area (Å²) >= 11 is 0. The lowest BCUT2D eigenvalue weighted by molar-refractivity contribution is 0.102. The summed E-state index contributed by atoms with van der Waals surface area (Å²) in [5, 5.41) is 15.1. The molecular formula is C18H23N7O2. The number of carbonyl (C=O) groups excluding carboxylic acids is 1. The molecule has 0 fully saturated rings. The molecule has 3 heterocycles. The second-order valence-electron chi connectivity index (χ2n) is 6.63. The van der Waals surface area contributed by atoms with Crippen molar-refractivity contribution < 1.29 is 9.53 Å². The van der Waals surface area contributed by atoms with Crippen LogP contribution in [0.4, 0.5) is 5.82 Å². The molecule has 3 aromatic rings. The van der Waals surface area contributed by atoms with Gasteiger partial charge in [-0.1, -0.05) is 19.9 Å². The minimum atomic E-state index is -0.346. The zero-order valence-corrected chi connectivity index (χ0v) is 16.0. The number of aromatic nitrogens is 6. The van der Waals surface area contributed by atoms with Crippen molar-refractivity contribution in [3.8, 4) is 17.4 Å². The monoisotopic (exact) mass is 369 g/mol. The normalized spacial score (nSPS) is 12.2. The number of amides is 1. The van der Waals surface area contributed by atoms with Crippen molar-refractivity contribution in [1.29, 1.82) is 0 Å². The van der Waals surface area contributed by atoms with Crippen LogP contribution in [0.5, 0.6) is 5.88 Å². The van der Waals surface area contributed by atoms with Crippen molar-refractivity contribution in [3.63, 3.8) is 0 Å². The Bertz CT molecular complexity index is 945. The number of rotatable bonds is 6. The molecule has 0 radical (unpaired) electrons. The first-order chi connectivity index (χ1) is 12.9. The molecule has 0 bridgehead atoms. The first kappa shape index (κ1) is 18.6. The van der Waals surface area contributed by atoms with Crippen LogP contribution in [0.1, 0.15) is 37.2 Å². The number of aryl methyl sites for hydroxylation is 1. The molecule has 9 nitrogen and oxygen atoms in total. The fraction of sp³-hybridized carbons (Fsp3) is 0.389. The number of methoxy groups -OCH3 is 1. The van der Waals surface area contributed by atoms with Crippen LogP contribution in [-0.2, 0) is 7.05 Å². The summed E-state index contributed by atoms with van der Waals surface area (Å²) in [6, 6.07) is 5.59. The Morgan fingerprint density at radius 1 is 1.26 bits per heavy atom. The van der Waals surface area contributed by atoms with Crippen LogP contribution in [0.2, 0.25) is 0 Å².